The number of ether oxygens (including phenoxy) is 1. The SMILES string of the molecule is Cc1nc(NC(=O)N[C@H]2CC[C@@H](Oc3ccc4nnc(C5(C)CCCN5C)n4c3)c3ccccc32)cc(C(C)(C)C)n1. The molecule has 4 heterocycles. The molecular weight excluding hydrogens is 528 g/mol. The third-order valence-electron chi connectivity index (χ3n) is 8.72. The molecule has 2 N–H and O–H groups in total. The topological polar surface area (TPSA) is 110 Å². The van der Waals surface area contributed by atoms with Crippen LogP contribution in [0.25, 0.3) is 5.65 Å². The predicted octanol–water partition coefficient (Wildman–Crippen LogP) is 5.84. The van der Waals surface area contributed by atoms with Gasteiger partial charge in [0, 0.05) is 11.5 Å². The number of carbonyl (C=O) groups is 1. The molecule has 0 bridgehead atoms. The van der Waals surface area contributed by atoms with Crippen molar-refractivity contribution in [2.75, 3.05) is 18.9 Å². The highest BCUT2D eigenvalue weighted by molar-refractivity contribution is 5.88. The molecule has 1 aliphatic carbocycles. The zero-order chi connectivity index (χ0) is 29.6. The van der Waals surface area contributed by atoms with Gasteiger partial charge in [0.25, 0.3) is 0 Å². The summed E-state index contributed by atoms with van der Waals surface area (Å²) in [6, 6.07) is 13.5. The summed E-state index contributed by atoms with van der Waals surface area (Å²) < 4.78 is 8.68. The maximum atomic E-state index is 13.1. The van der Waals surface area contributed by atoms with Gasteiger partial charge in [-0.05, 0) is 76.4 Å². The van der Waals surface area contributed by atoms with Gasteiger partial charge in [0.2, 0.25) is 0 Å². The minimum absolute atomic E-state index is 0.136. The number of nitrogens with zero attached hydrogens (tertiary/aromatic N) is 6. The van der Waals surface area contributed by atoms with E-state index in [1.165, 1.54) is 0 Å². The van der Waals surface area contributed by atoms with Crippen LogP contribution < -0.4 is 15.4 Å². The van der Waals surface area contributed by atoms with Crippen molar-refractivity contribution >= 4 is 17.5 Å². The molecular formula is C32H40N8O2. The lowest BCUT2D eigenvalue weighted by atomic mass is 9.85. The Labute approximate surface area is 246 Å². The summed E-state index contributed by atoms with van der Waals surface area (Å²) in [5.41, 5.74) is 3.52. The average Bonchev–Trinajstić information content (AvgIpc) is 3.52. The van der Waals surface area contributed by atoms with E-state index in [1.54, 1.807) is 0 Å². The number of aromatic nitrogens is 5. The van der Waals surface area contributed by atoms with Crippen molar-refractivity contribution in [3.63, 3.8) is 0 Å². The first kappa shape index (κ1) is 28.1. The van der Waals surface area contributed by atoms with Crippen LogP contribution in [0.4, 0.5) is 10.6 Å². The van der Waals surface area contributed by atoms with Crippen molar-refractivity contribution in [2.45, 2.75) is 83.4 Å². The second-order valence-corrected chi connectivity index (χ2v) is 12.8. The van der Waals surface area contributed by atoms with Crippen molar-refractivity contribution in [1.29, 1.82) is 0 Å². The van der Waals surface area contributed by atoms with Crippen LogP contribution in [0.5, 0.6) is 5.75 Å². The van der Waals surface area contributed by atoms with Gasteiger partial charge in [-0.15, -0.1) is 10.2 Å². The molecule has 3 atom stereocenters. The number of urea groups is 1. The number of hydrogen-bond acceptors (Lipinski definition) is 7. The Hall–Kier alpha value is -4.05. The molecule has 0 radical (unpaired) electrons. The molecule has 42 heavy (non-hydrogen) atoms. The van der Waals surface area contributed by atoms with Gasteiger partial charge in [0.05, 0.1) is 23.5 Å². The standard InChI is InChI=1S/C32H40N8O2/c1-20-33-26(31(2,3)4)18-27(34-20)36-30(41)35-24-13-14-25(23-11-8-7-10-22(23)24)42-21-12-15-28-37-38-29(40(28)19-21)32(5)16-9-17-39(32)6/h7-8,10-12,15,18-19,24-25H,9,13-14,16-17H2,1-6H3,(H2,33,34,35,36,41)/t24-,25+,32?/m0/s1. The van der Waals surface area contributed by atoms with Crippen LogP contribution in [-0.2, 0) is 11.0 Å². The van der Waals surface area contributed by atoms with Crippen molar-refractivity contribution in [1.82, 2.24) is 34.8 Å². The van der Waals surface area contributed by atoms with Crippen LogP contribution >= 0.6 is 0 Å². The molecule has 0 spiro atoms. The Morgan fingerprint density at radius 2 is 1.86 bits per heavy atom. The number of aryl methyl sites for hydroxylation is 1. The lowest BCUT2D eigenvalue weighted by molar-refractivity contribution is 0.170. The highest BCUT2D eigenvalue weighted by Gasteiger charge is 2.39. The van der Waals surface area contributed by atoms with Crippen molar-refractivity contribution in [3.05, 3.63) is 77.1 Å². The fourth-order valence-electron chi connectivity index (χ4n) is 6.20. The maximum Gasteiger partial charge on any atom is 0.320 e. The molecule has 10 heteroatoms. The van der Waals surface area contributed by atoms with Crippen LogP contribution in [0.2, 0.25) is 0 Å². The normalized spacial score (nSPS) is 22.6. The number of nitrogens with one attached hydrogen (secondary N) is 2. The predicted molar refractivity (Wildman–Crippen MR) is 162 cm³/mol. The Morgan fingerprint density at radius 3 is 2.60 bits per heavy atom. The zero-order valence-electron chi connectivity index (χ0n) is 25.3. The van der Waals surface area contributed by atoms with Gasteiger partial charge in [0.15, 0.2) is 11.5 Å². The van der Waals surface area contributed by atoms with E-state index in [-0.39, 0.29) is 29.1 Å². The molecule has 1 unspecified atom stereocenters. The van der Waals surface area contributed by atoms with E-state index in [0.29, 0.717) is 11.6 Å². The number of hydrogen-bond donors (Lipinski definition) is 2. The summed E-state index contributed by atoms with van der Waals surface area (Å²) in [5, 5.41) is 15.1. The fourth-order valence-corrected chi connectivity index (χ4v) is 6.20. The van der Waals surface area contributed by atoms with Crippen molar-refractivity contribution in [3.8, 4) is 5.75 Å². The molecule has 2 amide bonds. The maximum absolute atomic E-state index is 13.1. The summed E-state index contributed by atoms with van der Waals surface area (Å²) in [7, 11) is 2.15. The van der Waals surface area contributed by atoms with Gasteiger partial charge >= 0.3 is 6.03 Å². The lowest BCUT2D eigenvalue weighted by Gasteiger charge is -2.32. The molecule has 10 nitrogen and oxygen atoms in total. The smallest absolute Gasteiger partial charge is 0.320 e. The fraction of sp³-hybridized carbons (Fsp3) is 0.469. The minimum Gasteiger partial charge on any atom is -0.484 e. The van der Waals surface area contributed by atoms with Crippen LogP contribution in [0.1, 0.15) is 94.0 Å². The van der Waals surface area contributed by atoms with E-state index < -0.39 is 0 Å². The highest BCUT2D eigenvalue weighted by Crippen LogP contribution is 2.40. The second-order valence-electron chi connectivity index (χ2n) is 12.8. The van der Waals surface area contributed by atoms with Crippen molar-refractivity contribution in [2.24, 2.45) is 0 Å². The summed E-state index contributed by atoms with van der Waals surface area (Å²) >= 11 is 0. The number of amides is 2. The van der Waals surface area contributed by atoms with Gasteiger partial charge in [-0.1, -0.05) is 45.0 Å². The number of benzene rings is 1. The number of likely N-dealkylation sites (tertiary alicyclic amines) is 1. The highest BCUT2D eigenvalue weighted by atomic mass is 16.5. The Kier molecular flexibility index (Phi) is 7.12. The first-order valence-electron chi connectivity index (χ1n) is 14.8. The van der Waals surface area contributed by atoms with E-state index >= 15 is 0 Å². The van der Waals surface area contributed by atoms with Gasteiger partial charge in [-0.2, -0.15) is 0 Å². The van der Waals surface area contributed by atoms with E-state index in [2.05, 4.69) is 87.0 Å². The third-order valence-corrected chi connectivity index (χ3v) is 8.72. The van der Waals surface area contributed by atoms with Crippen LogP contribution in [0.15, 0.2) is 48.7 Å². The van der Waals surface area contributed by atoms with Gasteiger partial charge < -0.3 is 10.1 Å². The largest absolute Gasteiger partial charge is 0.484 e. The Morgan fingerprint density at radius 1 is 1.07 bits per heavy atom. The molecule has 220 valence electrons. The monoisotopic (exact) mass is 568 g/mol. The zero-order valence-corrected chi connectivity index (χ0v) is 25.3. The van der Waals surface area contributed by atoms with Crippen LogP contribution in [0, 0.1) is 6.92 Å². The van der Waals surface area contributed by atoms with E-state index in [4.69, 9.17) is 4.74 Å². The van der Waals surface area contributed by atoms with Crippen LogP contribution in [0.3, 0.4) is 0 Å². The molecule has 3 aromatic heterocycles. The van der Waals surface area contributed by atoms with Crippen molar-refractivity contribution < 1.29 is 9.53 Å². The Bertz CT molecular complexity index is 1630. The van der Waals surface area contributed by atoms with Gasteiger partial charge in [-0.3, -0.25) is 14.6 Å². The molecule has 0 saturated carbocycles. The molecule has 4 aromatic rings. The number of fused-ring (bicyclic) bond motifs is 2. The average molecular weight is 569 g/mol. The number of anilines is 1. The minimum atomic E-state index is -0.289. The first-order valence-corrected chi connectivity index (χ1v) is 14.8. The number of carbonyl (C=O) groups excluding carboxylic acids is 1. The van der Waals surface area contributed by atoms with Gasteiger partial charge in [0.1, 0.15) is 23.5 Å². The third kappa shape index (κ3) is 5.31. The Balaban J connectivity index is 1.19. The number of pyridine rings is 1. The summed E-state index contributed by atoms with van der Waals surface area (Å²) in [5.74, 6) is 2.83. The molecule has 1 aromatic carbocycles. The summed E-state index contributed by atoms with van der Waals surface area (Å²) in [6.45, 7) is 11.4. The quantitative estimate of drug-likeness (QED) is 0.311. The van der Waals surface area contributed by atoms with E-state index in [9.17, 15) is 4.79 Å². The van der Waals surface area contributed by atoms with Crippen LogP contribution in [-0.4, -0.2) is 49.1 Å². The van der Waals surface area contributed by atoms with E-state index in [1.807, 2.05) is 43.5 Å². The second kappa shape index (κ2) is 10.7. The molecule has 6 rings (SSSR count). The number of rotatable bonds is 5. The molecule has 2 aliphatic rings. The summed E-state index contributed by atoms with van der Waals surface area (Å²) in [4.78, 5) is 24.4. The van der Waals surface area contributed by atoms with Gasteiger partial charge in [-0.25, -0.2) is 14.8 Å². The molecule has 1 fully saturated rings. The molecule has 1 aliphatic heterocycles. The first-order chi connectivity index (χ1) is 20.0. The summed E-state index contributed by atoms with van der Waals surface area (Å²) in [6.07, 6.45) is 5.56. The molecule has 1 saturated heterocycles. The lowest BCUT2D eigenvalue weighted by Crippen LogP contribution is -2.37. The van der Waals surface area contributed by atoms with E-state index in [0.717, 1.165) is 66.3 Å².